The van der Waals surface area contributed by atoms with Crippen LogP contribution in [0.25, 0.3) is 0 Å². The summed E-state index contributed by atoms with van der Waals surface area (Å²) < 4.78 is 5.00. The highest BCUT2D eigenvalue weighted by Gasteiger charge is 2.32. The van der Waals surface area contributed by atoms with Crippen molar-refractivity contribution in [2.75, 3.05) is 39.8 Å². The van der Waals surface area contributed by atoms with Gasteiger partial charge >= 0.3 is 6.09 Å². The van der Waals surface area contributed by atoms with Crippen molar-refractivity contribution in [1.82, 2.24) is 20.9 Å². The highest BCUT2D eigenvalue weighted by Crippen LogP contribution is 2.32. The van der Waals surface area contributed by atoms with E-state index in [0.29, 0.717) is 19.1 Å². The Hall–Kier alpha value is -1.50. The second-order valence-corrected chi connectivity index (χ2v) is 7.42. The number of rotatable bonds is 9. The zero-order valence-electron chi connectivity index (χ0n) is 16.7. The highest BCUT2D eigenvalue weighted by atomic mass is 16.5. The number of nitrogens with one attached hydrogen (secondary N) is 3. The Balaban J connectivity index is 1.63. The molecule has 0 aromatic carbocycles. The number of carbonyl (C=O) groups excluding carboxylic acids is 1. The number of likely N-dealkylation sites (tertiary alicyclic amines) is 1. The highest BCUT2D eigenvalue weighted by molar-refractivity contribution is 5.79. The lowest BCUT2D eigenvalue weighted by molar-refractivity contribution is 0.146. The first-order valence-corrected chi connectivity index (χ1v) is 10.3. The number of guanidine groups is 1. The van der Waals surface area contributed by atoms with Crippen LogP contribution in [0.2, 0.25) is 0 Å². The van der Waals surface area contributed by atoms with Crippen molar-refractivity contribution in [1.29, 1.82) is 0 Å². The number of amides is 1. The summed E-state index contributed by atoms with van der Waals surface area (Å²) >= 11 is 0. The Kier molecular flexibility index (Phi) is 9.01. The van der Waals surface area contributed by atoms with E-state index in [9.17, 15) is 4.79 Å². The summed E-state index contributed by atoms with van der Waals surface area (Å²) in [7, 11) is 1.78. The van der Waals surface area contributed by atoms with Crippen molar-refractivity contribution < 1.29 is 9.53 Å². The molecule has 3 N–H and O–H groups in total. The molecule has 1 amide bonds. The Morgan fingerprint density at radius 1 is 1.27 bits per heavy atom. The van der Waals surface area contributed by atoms with E-state index in [0.717, 1.165) is 31.5 Å². The number of hydrogen-bond acceptors (Lipinski definition) is 4. The molecule has 2 rings (SSSR count). The number of carbonyl (C=O) groups is 1. The Morgan fingerprint density at radius 3 is 2.73 bits per heavy atom. The van der Waals surface area contributed by atoms with E-state index in [2.05, 4.69) is 32.8 Å². The molecule has 7 heteroatoms. The fourth-order valence-electron chi connectivity index (χ4n) is 3.56. The van der Waals surface area contributed by atoms with Gasteiger partial charge in [-0.2, -0.15) is 0 Å². The molecule has 26 heavy (non-hydrogen) atoms. The van der Waals surface area contributed by atoms with Crippen LogP contribution < -0.4 is 16.0 Å². The molecule has 2 unspecified atom stereocenters. The van der Waals surface area contributed by atoms with E-state index >= 15 is 0 Å². The van der Waals surface area contributed by atoms with Crippen molar-refractivity contribution in [2.24, 2.45) is 10.9 Å². The number of piperidine rings is 1. The standard InChI is InChI=1S/C19H37N5O2/c1-4-26-19(25)23-17(16-9-10-16)14-22-18(20-3)21-11-7-13-24-12-6-5-8-15(24)2/h15-17H,4-14H2,1-3H3,(H,23,25)(H2,20,21,22). The molecule has 1 saturated heterocycles. The molecule has 2 aliphatic rings. The maximum Gasteiger partial charge on any atom is 0.407 e. The predicted molar refractivity (Wildman–Crippen MR) is 106 cm³/mol. The molecular weight excluding hydrogens is 330 g/mol. The zero-order chi connectivity index (χ0) is 18.8. The van der Waals surface area contributed by atoms with Crippen LogP contribution in [0.1, 0.15) is 52.4 Å². The van der Waals surface area contributed by atoms with E-state index in [1.165, 1.54) is 38.6 Å². The second kappa shape index (κ2) is 11.3. The van der Waals surface area contributed by atoms with Gasteiger partial charge in [0.1, 0.15) is 0 Å². The van der Waals surface area contributed by atoms with Gasteiger partial charge in [0.2, 0.25) is 0 Å². The molecule has 0 spiro atoms. The van der Waals surface area contributed by atoms with Gasteiger partial charge < -0.3 is 25.6 Å². The third-order valence-electron chi connectivity index (χ3n) is 5.34. The maximum absolute atomic E-state index is 11.7. The van der Waals surface area contributed by atoms with E-state index in [4.69, 9.17) is 4.74 Å². The van der Waals surface area contributed by atoms with Crippen LogP contribution in [0.5, 0.6) is 0 Å². The molecule has 0 radical (unpaired) electrons. The smallest absolute Gasteiger partial charge is 0.407 e. The van der Waals surface area contributed by atoms with Crippen LogP contribution in [0, 0.1) is 5.92 Å². The van der Waals surface area contributed by atoms with Gasteiger partial charge in [-0.3, -0.25) is 4.99 Å². The third-order valence-corrected chi connectivity index (χ3v) is 5.34. The molecule has 0 aromatic rings. The summed E-state index contributed by atoms with van der Waals surface area (Å²) in [5.41, 5.74) is 0. The topological polar surface area (TPSA) is 78.0 Å². The molecule has 2 atom stereocenters. The maximum atomic E-state index is 11.7. The lowest BCUT2D eigenvalue weighted by Gasteiger charge is -2.33. The first-order valence-electron chi connectivity index (χ1n) is 10.3. The van der Waals surface area contributed by atoms with Crippen molar-refractivity contribution >= 4 is 12.1 Å². The van der Waals surface area contributed by atoms with E-state index < -0.39 is 0 Å². The van der Waals surface area contributed by atoms with Gasteiger partial charge in [-0.1, -0.05) is 6.42 Å². The minimum Gasteiger partial charge on any atom is -0.450 e. The average molecular weight is 368 g/mol. The Labute approximate surface area is 158 Å². The Bertz CT molecular complexity index is 453. The van der Waals surface area contributed by atoms with Crippen LogP contribution in [-0.2, 0) is 4.74 Å². The van der Waals surface area contributed by atoms with Crippen LogP contribution in [0.3, 0.4) is 0 Å². The van der Waals surface area contributed by atoms with Crippen LogP contribution in [-0.4, -0.2) is 68.9 Å². The fourth-order valence-corrected chi connectivity index (χ4v) is 3.56. The average Bonchev–Trinajstić information content (AvgIpc) is 3.46. The second-order valence-electron chi connectivity index (χ2n) is 7.42. The number of hydrogen-bond donors (Lipinski definition) is 3. The predicted octanol–water partition coefficient (Wildman–Crippen LogP) is 1.94. The van der Waals surface area contributed by atoms with Crippen LogP contribution in [0.15, 0.2) is 4.99 Å². The van der Waals surface area contributed by atoms with Crippen LogP contribution in [0.4, 0.5) is 4.79 Å². The van der Waals surface area contributed by atoms with Gasteiger partial charge in [0, 0.05) is 32.7 Å². The minimum atomic E-state index is -0.329. The van der Waals surface area contributed by atoms with Crippen molar-refractivity contribution in [3.05, 3.63) is 0 Å². The summed E-state index contributed by atoms with van der Waals surface area (Å²) in [6.45, 7) is 8.50. The molecule has 2 fully saturated rings. The SMILES string of the molecule is CCOC(=O)NC(CNC(=NC)NCCCN1CCCCC1C)C1CC1. The number of aliphatic imine (C=N–C) groups is 1. The summed E-state index contributed by atoms with van der Waals surface area (Å²) in [6, 6.07) is 0.816. The molecule has 1 saturated carbocycles. The Morgan fingerprint density at radius 2 is 2.08 bits per heavy atom. The first kappa shape index (κ1) is 20.8. The molecule has 7 nitrogen and oxygen atoms in total. The van der Waals surface area contributed by atoms with E-state index in [-0.39, 0.29) is 12.1 Å². The van der Waals surface area contributed by atoms with Gasteiger partial charge in [0.05, 0.1) is 12.6 Å². The molecule has 1 aliphatic heterocycles. The van der Waals surface area contributed by atoms with Crippen molar-refractivity contribution in [3.63, 3.8) is 0 Å². The van der Waals surface area contributed by atoms with Gasteiger partial charge in [0.15, 0.2) is 5.96 Å². The number of ether oxygens (including phenoxy) is 1. The molecular formula is C19H37N5O2. The zero-order valence-corrected chi connectivity index (χ0v) is 16.7. The lowest BCUT2D eigenvalue weighted by atomic mass is 10.0. The third kappa shape index (κ3) is 7.40. The van der Waals surface area contributed by atoms with E-state index in [1.54, 1.807) is 7.05 Å². The van der Waals surface area contributed by atoms with Gasteiger partial charge in [-0.05, 0) is 58.4 Å². The van der Waals surface area contributed by atoms with E-state index in [1.807, 2.05) is 6.92 Å². The van der Waals surface area contributed by atoms with Crippen molar-refractivity contribution in [3.8, 4) is 0 Å². The molecule has 0 bridgehead atoms. The summed E-state index contributed by atoms with van der Waals surface area (Å²) in [6.07, 6.45) is 7.14. The number of alkyl carbamates (subject to hydrolysis) is 1. The summed E-state index contributed by atoms with van der Waals surface area (Å²) in [5, 5.41) is 9.69. The number of nitrogens with zero attached hydrogens (tertiary/aromatic N) is 2. The van der Waals surface area contributed by atoms with Gasteiger partial charge in [0.25, 0.3) is 0 Å². The fraction of sp³-hybridized carbons (Fsp3) is 0.895. The largest absolute Gasteiger partial charge is 0.450 e. The lowest BCUT2D eigenvalue weighted by Crippen LogP contribution is -2.48. The summed E-state index contributed by atoms with van der Waals surface area (Å²) in [4.78, 5) is 18.6. The normalized spacial score (nSPS) is 22.6. The van der Waals surface area contributed by atoms with Gasteiger partial charge in [-0.25, -0.2) is 4.79 Å². The van der Waals surface area contributed by atoms with Crippen LogP contribution >= 0.6 is 0 Å². The molecule has 0 aromatic heterocycles. The minimum absolute atomic E-state index is 0.0989. The first-order chi connectivity index (χ1) is 12.6. The van der Waals surface area contributed by atoms with Gasteiger partial charge in [-0.15, -0.1) is 0 Å². The molecule has 1 heterocycles. The van der Waals surface area contributed by atoms with Crippen molar-refractivity contribution in [2.45, 2.75) is 64.5 Å². The molecule has 150 valence electrons. The monoisotopic (exact) mass is 367 g/mol. The molecule has 1 aliphatic carbocycles. The summed E-state index contributed by atoms with van der Waals surface area (Å²) in [5.74, 6) is 1.35. The quantitative estimate of drug-likeness (QED) is 0.330.